The maximum atomic E-state index is 12.9. The lowest BCUT2D eigenvalue weighted by molar-refractivity contribution is -0.222. The number of likely N-dealkylation sites (tertiary alicyclic amines) is 1. The summed E-state index contributed by atoms with van der Waals surface area (Å²) in [5, 5.41) is 8.73. The molecule has 2 amide bonds. The van der Waals surface area contributed by atoms with Gasteiger partial charge < -0.3 is 4.90 Å². The predicted molar refractivity (Wildman–Crippen MR) is 121 cm³/mol. The Bertz CT molecular complexity index is 1110. The highest BCUT2D eigenvalue weighted by Gasteiger charge is 2.48. The Hall–Kier alpha value is -3.52. The first kappa shape index (κ1) is 21.3. The molecule has 0 aliphatic carbocycles. The van der Waals surface area contributed by atoms with E-state index in [0.717, 1.165) is 17.5 Å². The van der Waals surface area contributed by atoms with Crippen molar-refractivity contribution in [1.29, 1.82) is 0 Å². The summed E-state index contributed by atoms with van der Waals surface area (Å²) in [5.41, 5.74) is 1.62. The van der Waals surface area contributed by atoms with Gasteiger partial charge in [0.25, 0.3) is 0 Å². The van der Waals surface area contributed by atoms with Gasteiger partial charge in [0.15, 0.2) is 5.82 Å². The van der Waals surface area contributed by atoms with Gasteiger partial charge in [0.2, 0.25) is 11.8 Å². The maximum absolute atomic E-state index is 12.9. The number of carbonyl (C=O) groups is 2. The van der Waals surface area contributed by atoms with E-state index in [-0.39, 0.29) is 23.8 Å². The molecule has 2 saturated heterocycles. The fourth-order valence-electron chi connectivity index (χ4n) is 4.70. The molecule has 0 bridgehead atoms. The predicted octanol–water partition coefficient (Wildman–Crippen LogP) is 3.13. The molecular formula is C25H27N5O3. The average Bonchev–Trinajstić information content (AvgIpc) is 3.44. The first-order valence-corrected chi connectivity index (χ1v) is 11.4. The smallest absolute Gasteiger partial charge is 0.246 e. The van der Waals surface area contributed by atoms with Crippen molar-refractivity contribution in [2.75, 3.05) is 13.1 Å². The van der Waals surface area contributed by atoms with E-state index in [1.165, 1.54) is 0 Å². The highest BCUT2D eigenvalue weighted by atomic mass is 16.7. The third-order valence-electron chi connectivity index (χ3n) is 6.59. The van der Waals surface area contributed by atoms with Gasteiger partial charge in [-0.3, -0.25) is 19.5 Å². The van der Waals surface area contributed by atoms with Crippen LogP contribution in [0.25, 0.3) is 11.4 Å². The third kappa shape index (κ3) is 4.52. The van der Waals surface area contributed by atoms with E-state index in [1.807, 2.05) is 65.6 Å². The normalized spacial score (nSPS) is 17.6. The van der Waals surface area contributed by atoms with Gasteiger partial charge in [-0.1, -0.05) is 60.7 Å². The molecule has 8 heteroatoms. The largest absolute Gasteiger partial charge is 0.342 e. The highest BCUT2D eigenvalue weighted by Crippen LogP contribution is 2.39. The molecule has 3 aromatic rings. The van der Waals surface area contributed by atoms with Crippen LogP contribution in [0.1, 0.15) is 37.1 Å². The van der Waals surface area contributed by atoms with Crippen LogP contribution in [0, 0.1) is 0 Å². The van der Waals surface area contributed by atoms with Gasteiger partial charge in [-0.05, 0) is 24.8 Å². The molecule has 1 N–H and O–H groups in total. The van der Waals surface area contributed by atoms with Crippen molar-refractivity contribution < 1.29 is 14.4 Å². The molecule has 2 aromatic carbocycles. The number of amides is 2. The van der Waals surface area contributed by atoms with Gasteiger partial charge in [0.1, 0.15) is 12.4 Å². The second-order valence-electron chi connectivity index (χ2n) is 8.70. The summed E-state index contributed by atoms with van der Waals surface area (Å²) in [6, 6.07) is 19.5. The number of nitrogens with zero attached hydrogens (tertiary/aromatic N) is 4. The Morgan fingerprint density at radius 2 is 1.70 bits per heavy atom. The summed E-state index contributed by atoms with van der Waals surface area (Å²) in [6.07, 6.45) is 2.87. The van der Waals surface area contributed by atoms with E-state index in [2.05, 4.69) is 15.2 Å². The zero-order chi connectivity index (χ0) is 22.7. The van der Waals surface area contributed by atoms with E-state index in [1.54, 1.807) is 5.06 Å². The number of nitrogens with one attached hydrogen (secondary N) is 1. The second kappa shape index (κ2) is 9.15. The summed E-state index contributed by atoms with van der Waals surface area (Å²) in [7, 11) is 0. The lowest BCUT2D eigenvalue weighted by atomic mass is 9.86. The highest BCUT2D eigenvalue weighted by molar-refractivity contribution is 5.80. The number of carbonyl (C=O) groups excluding carboxylic acids is 2. The van der Waals surface area contributed by atoms with Crippen LogP contribution in [0.15, 0.2) is 60.7 Å². The topological polar surface area (TPSA) is 91.4 Å². The fraction of sp³-hybridized carbons (Fsp3) is 0.360. The van der Waals surface area contributed by atoms with Crippen molar-refractivity contribution in [2.24, 2.45) is 0 Å². The molecule has 170 valence electrons. The number of hydrogen-bond acceptors (Lipinski definition) is 5. The Kier molecular flexibility index (Phi) is 5.92. The van der Waals surface area contributed by atoms with Crippen LogP contribution in [0.5, 0.6) is 0 Å². The summed E-state index contributed by atoms with van der Waals surface area (Å²) >= 11 is 0. The summed E-state index contributed by atoms with van der Waals surface area (Å²) in [6.45, 7) is 1.56. The minimum Gasteiger partial charge on any atom is -0.342 e. The van der Waals surface area contributed by atoms with Crippen molar-refractivity contribution in [3.63, 3.8) is 0 Å². The van der Waals surface area contributed by atoms with Crippen molar-refractivity contribution in [3.8, 4) is 11.4 Å². The van der Waals surface area contributed by atoms with Crippen LogP contribution in [0.2, 0.25) is 0 Å². The summed E-state index contributed by atoms with van der Waals surface area (Å²) in [4.78, 5) is 37.8. The Labute approximate surface area is 192 Å². The second-order valence-corrected chi connectivity index (χ2v) is 8.70. The molecule has 5 rings (SSSR count). The van der Waals surface area contributed by atoms with Gasteiger partial charge in [0.05, 0.1) is 12.0 Å². The van der Waals surface area contributed by atoms with Gasteiger partial charge in [-0.2, -0.15) is 5.10 Å². The first-order valence-electron chi connectivity index (χ1n) is 11.4. The lowest BCUT2D eigenvalue weighted by Crippen LogP contribution is -2.54. The Balaban J connectivity index is 1.18. The monoisotopic (exact) mass is 445 g/mol. The number of hydroxylamine groups is 2. The zero-order valence-corrected chi connectivity index (χ0v) is 18.4. The molecule has 2 aliphatic heterocycles. The fourth-order valence-corrected chi connectivity index (χ4v) is 4.70. The number of H-pyrrole nitrogens is 1. The van der Waals surface area contributed by atoms with Gasteiger partial charge >= 0.3 is 0 Å². The molecule has 0 radical (unpaired) electrons. The van der Waals surface area contributed by atoms with Gasteiger partial charge in [0, 0.05) is 25.1 Å². The lowest BCUT2D eigenvalue weighted by Gasteiger charge is -2.43. The van der Waals surface area contributed by atoms with E-state index < -0.39 is 0 Å². The van der Waals surface area contributed by atoms with Gasteiger partial charge in [-0.25, -0.2) is 10.0 Å². The van der Waals surface area contributed by atoms with E-state index in [9.17, 15) is 9.59 Å². The number of aromatic nitrogens is 3. The van der Waals surface area contributed by atoms with Crippen LogP contribution < -0.4 is 0 Å². The number of piperidine rings is 1. The minimum absolute atomic E-state index is 0.0155. The molecule has 2 fully saturated rings. The molecule has 2 aliphatic rings. The average molecular weight is 446 g/mol. The van der Waals surface area contributed by atoms with Crippen molar-refractivity contribution in [1.82, 2.24) is 25.1 Å². The van der Waals surface area contributed by atoms with Crippen LogP contribution in [-0.2, 0) is 27.5 Å². The number of rotatable bonds is 6. The van der Waals surface area contributed by atoms with Crippen molar-refractivity contribution in [3.05, 3.63) is 72.1 Å². The van der Waals surface area contributed by atoms with Crippen LogP contribution in [-0.4, -0.2) is 55.6 Å². The number of hydrogen-bond donors (Lipinski definition) is 1. The van der Waals surface area contributed by atoms with E-state index in [0.29, 0.717) is 50.6 Å². The third-order valence-corrected chi connectivity index (χ3v) is 6.59. The van der Waals surface area contributed by atoms with E-state index >= 15 is 0 Å². The van der Waals surface area contributed by atoms with Crippen LogP contribution in [0.3, 0.4) is 0 Å². The Morgan fingerprint density at radius 3 is 2.42 bits per heavy atom. The van der Waals surface area contributed by atoms with E-state index in [4.69, 9.17) is 4.84 Å². The van der Waals surface area contributed by atoms with Crippen LogP contribution in [0.4, 0.5) is 0 Å². The van der Waals surface area contributed by atoms with Crippen LogP contribution >= 0.6 is 0 Å². The van der Waals surface area contributed by atoms with Crippen molar-refractivity contribution in [2.45, 2.75) is 44.2 Å². The first-order chi connectivity index (χ1) is 16.1. The Morgan fingerprint density at radius 1 is 1.00 bits per heavy atom. The molecule has 33 heavy (non-hydrogen) atoms. The molecule has 1 aromatic heterocycles. The molecule has 8 nitrogen and oxygen atoms in total. The summed E-state index contributed by atoms with van der Waals surface area (Å²) < 4.78 is 0. The SMILES string of the molecule is O=C(Cc1nc(-c2ccccc2)n[nH]1)N1CCC2(CCC(=O)N2OCc2ccccc2)CC1. The number of benzene rings is 2. The molecule has 1 spiro atoms. The van der Waals surface area contributed by atoms with Gasteiger partial charge in [-0.15, -0.1) is 0 Å². The maximum Gasteiger partial charge on any atom is 0.246 e. The quantitative estimate of drug-likeness (QED) is 0.630. The standard InChI is InChI=1S/C25H27N5O3/c31-22-11-12-25(30(22)33-18-19-7-3-1-4-8-19)13-15-29(16-14-25)23(32)17-21-26-24(28-27-21)20-9-5-2-6-10-20/h1-10H,11-18H2,(H,26,27,28). The molecule has 0 atom stereocenters. The zero-order valence-electron chi connectivity index (χ0n) is 18.4. The van der Waals surface area contributed by atoms with Crippen molar-refractivity contribution >= 4 is 11.8 Å². The summed E-state index contributed by atoms with van der Waals surface area (Å²) in [5.74, 6) is 1.19. The number of aromatic amines is 1. The molecule has 3 heterocycles. The molecule has 0 saturated carbocycles. The molecule has 0 unspecified atom stereocenters. The molecular weight excluding hydrogens is 418 g/mol. The minimum atomic E-state index is -0.324.